The van der Waals surface area contributed by atoms with Crippen LogP contribution in [0, 0.1) is 12.8 Å². The lowest BCUT2D eigenvalue weighted by molar-refractivity contribution is -0.134. The topological polar surface area (TPSA) is 67.5 Å². The maximum absolute atomic E-state index is 13.9. The van der Waals surface area contributed by atoms with Gasteiger partial charge < -0.3 is 19.2 Å². The normalized spacial score (nSPS) is 24.7. The summed E-state index contributed by atoms with van der Waals surface area (Å²) in [7, 11) is 0. The second kappa shape index (κ2) is 8.82. The Hall–Kier alpha value is -3.28. The van der Waals surface area contributed by atoms with Gasteiger partial charge in [0.25, 0.3) is 5.91 Å². The van der Waals surface area contributed by atoms with Gasteiger partial charge in [0.2, 0.25) is 5.91 Å². The zero-order valence-electron chi connectivity index (χ0n) is 20.2. The van der Waals surface area contributed by atoms with Crippen LogP contribution >= 0.6 is 0 Å². The molecule has 1 aromatic carbocycles. The highest BCUT2D eigenvalue weighted by Crippen LogP contribution is 2.35. The molecule has 0 bridgehead atoms. The first-order valence-electron chi connectivity index (χ1n) is 12.3. The summed E-state index contributed by atoms with van der Waals surface area (Å²) >= 11 is 0. The number of hydrogen-bond acceptors (Lipinski definition) is 3. The number of benzene rings is 1. The number of furan rings is 1. The zero-order chi connectivity index (χ0) is 23.9. The Balaban J connectivity index is 1.52. The van der Waals surface area contributed by atoms with Crippen molar-refractivity contribution in [1.29, 1.82) is 0 Å². The van der Waals surface area contributed by atoms with Crippen molar-refractivity contribution in [3.8, 4) is 11.5 Å². The Kier molecular flexibility index (Phi) is 5.84. The molecular formula is C28H33N3O3. The number of hydrogen-bond donors (Lipinski definition) is 1. The standard InChI is InChI=1S/C28H33N3O3/c1-19-10-12-21(13-11-19)17-31-26(32)24-15-14-23(25-9-6-16-34-25)30(24)18-28(31,3)27(33)29-22-8-5-4-7-20(22)2/h6,9-16,20,22H,4-5,7-8,17-18H2,1-3H3,(H,29,33)/t20-,22-,28+/m0/s1. The van der Waals surface area contributed by atoms with Crippen molar-refractivity contribution in [3.63, 3.8) is 0 Å². The van der Waals surface area contributed by atoms with Crippen LogP contribution in [-0.2, 0) is 17.9 Å². The third-order valence-corrected chi connectivity index (χ3v) is 7.66. The Bertz CT molecular complexity index is 1180. The van der Waals surface area contributed by atoms with Crippen molar-refractivity contribution < 1.29 is 14.0 Å². The first-order valence-corrected chi connectivity index (χ1v) is 12.3. The van der Waals surface area contributed by atoms with Crippen molar-refractivity contribution in [2.24, 2.45) is 5.92 Å². The Labute approximate surface area is 200 Å². The van der Waals surface area contributed by atoms with E-state index in [2.05, 4.69) is 12.2 Å². The molecule has 6 nitrogen and oxygen atoms in total. The minimum Gasteiger partial charge on any atom is -0.463 e. The van der Waals surface area contributed by atoms with Gasteiger partial charge in [-0.15, -0.1) is 0 Å². The molecule has 178 valence electrons. The van der Waals surface area contributed by atoms with Gasteiger partial charge in [0.05, 0.1) is 18.5 Å². The van der Waals surface area contributed by atoms with Crippen LogP contribution in [0.3, 0.4) is 0 Å². The number of nitrogens with one attached hydrogen (secondary N) is 1. The number of nitrogens with zero attached hydrogens (tertiary/aromatic N) is 2. The maximum Gasteiger partial charge on any atom is 0.271 e. The van der Waals surface area contributed by atoms with Crippen LogP contribution < -0.4 is 5.32 Å². The molecule has 1 N–H and O–H groups in total. The highest BCUT2D eigenvalue weighted by molar-refractivity contribution is 6.00. The Morgan fingerprint density at radius 3 is 2.53 bits per heavy atom. The SMILES string of the molecule is Cc1ccc(CN2C(=O)c3ccc(-c4ccco4)n3C[C@]2(C)C(=O)N[C@H]2CCCC[C@@H]2C)cc1. The monoisotopic (exact) mass is 459 g/mol. The van der Waals surface area contributed by atoms with E-state index in [1.54, 1.807) is 11.2 Å². The summed E-state index contributed by atoms with van der Waals surface area (Å²) in [5, 5.41) is 3.33. The smallest absolute Gasteiger partial charge is 0.271 e. The van der Waals surface area contributed by atoms with Crippen LogP contribution in [0.4, 0.5) is 0 Å². The highest BCUT2D eigenvalue weighted by Gasteiger charge is 2.48. The van der Waals surface area contributed by atoms with Gasteiger partial charge in [-0.1, -0.05) is 49.6 Å². The van der Waals surface area contributed by atoms with Crippen molar-refractivity contribution in [3.05, 3.63) is 71.6 Å². The van der Waals surface area contributed by atoms with Gasteiger partial charge in [-0.05, 0) is 62.4 Å². The van der Waals surface area contributed by atoms with Gasteiger partial charge in [-0.2, -0.15) is 0 Å². The van der Waals surface area contributed by atoms with Crippen LogP contribution in [-0.4, -0.2) is 32.9 Å². The number of aromatic nitrogens is 1. The molecule has 0 radical (unpaired) electrons. The Morgan fingerprint density at radius 2 is 1.82 bits per heavy atom. The number of carbonyl (C=O) groups is 2. The first kappa shape index (κ1) is 22.5. The predicted octanol–water partition coefficient (Wildman–Crippen LogP) is 5.17. The van der Waals surface area contributed by atoms with E-state index in [1.807, 2.05) is 66.9 Å². The molecule has 0 spiro atoms. The van der Waals surface area contributed by atoms with E-state index in [0.29, 0.717) is 30.5 Å². The van der Waals surface area contributed by atoms with E-state index in [4.69, 9.17) is 4.42 Å². The molecule has 6 heteroatoms. The third kappa shape index (κ3) is 3.95. The lowest BCUT2D eigenvalue weighted by Crippen LogP contribution is -2.65. The minimum atomic E-state index is -1.04. The van der Waals surface area contributed by atoms with E-state index >= 15 is 0 Å². The Morgan fingerprint density at radius 1 is 1.09 bits per heavy atom. The maximum atomic E-state index is 13.9. The van der Waals surface area contributed by atoms with Gasteiger partial charge >= 0.3 is 0 Å². The molecule has 2 aromatic heterocycles. The third-order valence-electron chi connectivity index (χ3n) is 7.66. The van der Waals surface area contributed by atoms with E-state index in [1.165, 1.54) is 6.42 Å². The molecule has 1 aliphatic heterocycles. The molecule has 2 amide bonds. The second-order valence-electron chi connectivity index (χ2n) is 10.2. The summed E-state index contributed by atoms with van der Waals surface area (Å²) in [4.78, 5) is 29.5. The molecule has 0 unspecified atom stereocenters. The minimum absolute atomic E-state index is 0.0866. The van der Waals surface area contributed by atoms with Crippen LogP contribution in [0.5, 0.6) is 0 Å². The first-order chi connectivity index (χ1) is 16.4. The molecule has 1 aliphatic carbocycles. The fraction of sp³-hybridized carbons (Fsp3) is 0.429. The average molecular weight is 460 g/mol. The van der Waals surface area contributed by atoms with Crippen molar-refractivity contribution in [1.82, 2.24) is 14.8 Å². The molecular weight excluding hydrogens is 426 g/mol. The van der Waals surface area contributed by atoms with Gasteiger partial charge in [0, 0.05) is 12.6 Å². The molecule has 3 atom stereocenters. The molecule has 2 aliphatic rings. The summed E-state index contributed by atoms with van der Waals surface area (Å²) < 4.78 is 7.57. The van der Waals surface area contributed by atoms with E-state index < -0.39 is 5.54 Å². The largest absolute Gasteiger partial charge is 0.463 e. The molecule has 34 heavy (non-hydrogen) atoms. The molecule has 5 rings (SSSR count). The van der Waals surface area contributed by atoms with Crippen molar-refractivity contribution in [2.75, 3.05) is 0 Å². The number of fused-ring (bicyclic) bond motifs is 1. The summed E-state index contributed by atoms with van der Waals surface area (Å²) in [6.07, 6.45) is 6.07. The van der Waals surface area contributed by atoms with E-state index in [-0.39, 0.29) is 17.9 Å². The van der Waals surface area contributed by atoms with Crippen LogP contribution in [0.15, 0.2) is 59.2 Å². The molecule has 3 aromatic rings. The number of rotatable bonds is 5. The average Bonchev–Trinajstić information content (AvgIpc) is 3.49. The molecule has 0 saturated heterocycles. The van der Waals surface area contributed by atoms with Gasteiger partial charge in [0.1, 0.15) is 17.0 Å². The fourth-order valence-electron chi connectivity index (χ4n) is 5.39. The van der Waals surface area contributed by atoms with Crippen LogP contribution in [0.1, 0.15) is 61.1 Å². The van der Waals surface area contributed by atoms with E-state index in [0.717, 1.165) is 36.1 Å². The number of amides is 2. The molecule has 1 saturated carbocycles. The van der Waals surface area contributed by atoms with Crippen LogP contribution in [0.25, 0.3) is 11.5 Å². The van der Waals surface area contributed by atoms with Gasteiger partial charge in [-0.25, -0.2) is 0 Å². The summed E-state index contributed by atoms with van der Waals surface area (Å²) in [6, 6.07) is 15.8. The summed E-state index contributed by atoms with van der Waals surface area (Å²) in [6.45, 7) is 6.90. The lowest BCUT2D eigenvalue weighted by Gasteiger charge is -2.45. The van der Waals surface area contributed by atoms with E-state index in [9.17, 15) is 9.59 Å². The summed E-state index contributed by atoms with van der Waals surface area (Å²) in [5.41, 5.74) is 2.53. The molecule has 3 heterocycles. The fourth-order valence-corrected chi connectivity index (χ4v) is 5.39. The van der Waals surface area contributed by atoms with Gasteiger partial charge in [0.15, 0.2) is 0 Å². The number of aryl methyl sites for hydroxylation is 1. The predicted molar refractivity (Wildman–Crippen MR) is 131 cm³/mol. The highest BCUT2D eigenvalue weighted by atomic mass is 16.3. The van der Waals surface area contributed by atoms with Crippen molar-refractivity contribution >= 4 is 11.8 Å². The lowest BCUT2D eigenvalue weighted by atomic mass is 9.85. The van der Waals surface area contributed by atoms with Crippen LogP contribution in [0.2, 0.25) is 0 Å². The quantitative estimate of drug-likeness (QED) is 0.573. The summed E-state index contributed by atoms with van der Waals surface area (Å²) in [5.74, 6) is 0.900. The number of carbonyl (C=O) groups excluding carboxylic acids is 2. The zero-order valence-corrected chi connectivity index (χ0v) is 20.2. The molecule has 1 fully saturated rings. The second-order valence-corrected chi connectivity index (χ2v) is 10.2. The van der Waals surface area contributed by atoms with Crippen molar-refractivity contribution in [2.45, 2.75) is 71.1 Å². The van der Waals surface area contributed by atoms with Gasteiger partial charge in [-0.3, -0.25) is 9.59 Å².